The first-order valence-corrected chi connectivity index (χ1v) is 14.0. The maximum Gasteiger partial charge on any atom is 0.181 e. The first kappa shape index (κ1) is 22.4. The molecule has 0 unspecified atom stereocenters. The molecule has 2 aromatic rings. The van der Waals surface area contributed by atoms with Crippen LogP contribution in [0, 0.1) is 34.5 Å². The molecule has 0 spiro atoms. The molecule has 180 valence electrons. The molecule has 34 heavy (non-hydrogen) atoms. The summed E-state index contributed by atoms with van der Waals surface area (Å²) in [7, 11) is 0. The van der Waals surface area contributed by atoms with Crippen molar-refractivity contribution in [1.29, 1.82) is 0 Å². The van der Waals surface area contributed by atoms with Gasteiger partial charge in [0.1, 0.15) is 16.9 Å². The minimum atomic E-state index is 0.0789. The number of carbonyl (C=O) groups excluding carboxylic acids is 2. The van der Waals surface area contributed by atoms with E-state index in [4.69, 9.17) is 0 Å². The molecule has 6 nitrogen and oxygen atoms in total. The first-order valence-electron chi connectivity index (χ1n) is 12.8. The molecule has 0 N–H and O–H groups in total. The zero-order chi connectivity index (χ0) is 23.7. The maximum atomic E-state index is 13.8. The molecule has 7 heteroatoms. The summed E-state index contributed by atoms with van der Waals surface area (Å²) >= 11 is 1.57. The van der Waals surface area contributed by atoms with Crippen LogP contribution in [-0.2, 0) is 16.1 Å². The lowest BCUT2D eigenvalue weighted by molar-refractivity contribution is -0.131. The molecule has 3 fully saturated rings. The number of Topliss-reactive ketones (excluding diaryl/α,β-unsaturated/α-hetero) is 1. The van der Waals surface area contributed by atoms with Crippen molar-refractivity contribution < 1.29 is 9.59 Å². The standard InChI is InChI=1S/C27H34N4O2S/c1-26-10-8-17(32)12-16(26)4-5-18-19-6-7-21(27(19,2)11-9-20(18)26)22(33)13-31-15-30-24-23(31)25(34-3)29-14-28-24/h12,14-15,18-21H,4-11,13H2,1-3H3/t18-,19-,20-,21+,26-,27-/m0/s1. The van der Waals surface area contributed by atoms with E-state index in [1.165, 1.54) is 18.4 Å². The molecule has 2 heterocycles. The van der Waals surface area contributed by atoms with Crippen LogP contribution in [0.25, 0.3) is 11.2 Å². The molecule has 0 aromatic carbocycles. The van der Waals surface area contributed by atoms with Gasteiger partial charge in [0.25, 0.3) is 0 Å². The van der Waals surface area contributed by atoms with E-state index >= 15 is 0 Å². The summed E-state index contributed by atoms with van der Waals surface area (Å²) in [5, 5.41) is 0.872. The van der Waals surface area contributed by atoms with Crippen LogP contribution in [0.2, 0.25) is 0 Å². The highest BCUT2D eigenvalue weighted by Gasteiger charge is 2.60. The van der Waals surface area contributed by atoms with Crippen molar-refractivity contribution in [3.8, 4) is 0 Å². The number of rotatable bonds is 4. The summed E-state index contributed by atoms with van der Waals surface area (Å²) in [4.78, 5) is 39.0. The van der Waals surface area contributed by atoms with Crippen molar-refractivity contribution >= 4 is 34.5 Å². The van der Waals surface area contributed by atoms with Crippen molar-refractivity contribution in [2.45, 2.75) is 76.8 Å². The third-order valence-electron chi connectivity index (χ3n) is 10.2. The maximum absolute atomic E-state index is 13.8. The van der Waals surface area contributed by atoms with Gasteiger partial charge in [0.05, 0.1) is 12.9 Å². The van der Waals surface area contributed by atoms with Gasteiger partial charge < -0.3 is 4.57 Å². The third-order valence-corrected chi connectivity index (χ3v) is 10.9. The van der Waals surface area contributed by atoms with Crippen LogP contribution in [0.15, 0.2) is 29.3 Å². The molecular formula is C27H34N4O2S. The Morgan fingerprint density at radius 2 is 1.94 bits per heavy atom. The summed E-state index contributed by atoms with van der Waals surface area (Å²) < 4.78 is 1.96. The van der Waals surface area contributed by atoms with Crippen molar-refractivity contribution in [3.63, 3.8) is 0 Å². The van der Waals surface area contributed by atoms with Crippen LogP contribution in [-0.4, -0.2) is 37.3 Å². The van der Waals surface area contributed by atoms with Crippen molar-refractivity contribution in [2.75, 3.05) is 6.26 Å². The predicted octanol–water partition coefficient (Wildman–Crippen LogP) is 5.27. The second-order valence-electron chi connectivity index (χ2n) is 11.5. The Morgan fingerprint density at radius 3 is 2.76 bits per heavy atom. The Hall–Kier alpha value is -2.02. The lowest BCUT2D eigenvalue weighted by Crippen LogP contribution is -2.51. The van der Waals surface area contributed by atoms with E-state index in [1.54, 1.807) is 24.4 Å². The number of fused-ring (bicyclic) bond motifs is 6. The zero-order valence-electron chi connectivity index (χ0n) is 20.4. The minimum absolute atomic E-state index is 0.0789. The number of carbonyl (C=O) groups is 2. The van der Waals surface area contributed by atoms with Crippen LogP contribution in [0.5, 0.6) is 0 Å². The molecule has 2 aromatic heterocycles. The molecule has 0 aliphatic heterocycles. The topological polar surface area (TPSA) is 77.7 Å². The molecule has 0 bridgehead atoms. The highest BCUT2D eigenvalue weighted by atomic mass is 32.2. The predicted molar refractivity (Wildman–Crippen MR) is 132 cm³/mol. The van der Waals surface area contributed by atoms with Gasteiger partial charge >= 0.3 is 0 Å². The number of nitrogens with zero attached hydrogens (tertiary/aromatic N) is 4. The minimum Gasteiger partial charge on any atom is -0.319 e. The van der Waals surface area contributed by atoms with Crippen LogP contribution in [0.3, 0.4) is 0 Å². The van der Waals surface area contributed by atoms with E-state index in [0.29, 0.717) is 47.9 Å². The average molecular weight is 479 g/mol. The Morgan fingerprint density at radius 1 is 1.09 bits per heavy atom. The number of thioether (sulfide) groups is 1. The van der Waals surface area contributed by atoms with Crippen molar-refractivity contribution in [1.82, 2.24) is 19.5 Å². The molecular weight excluding hydrogens is 444 g/mol. The van der Waals surface area contributed by atoms with Crippen LogP contribution < -0.4 is 0 Å². The van der Waals surface area contributed by atoms with E-state index in [2.05, 4.69) is 28.8 Å². The number of imidazole rings is 1. The number of aromatic nitrogens is 4. The summed E-state index contributed by atoms with van der Waals surface area (Å²) in [6.07, 6.45) is 15.7. The van der Waals surface area contributed by atoms with E-state index < -0.39 is 0 Å². The summed E-state index contributed by atoms with van der Waals surface area (Å²) in [6.45, 7) is 5.19. The number of hydrogen-bond acceptors (Lipinski definition) is 6. The first-order chi connectivity index (χ1) is 16.3. The Balaban J connectivity index is 1.25. The molecule has 6 atom stereocenters. The summed E-state index contributed by atoms with van der Waals surface area (Å²) in [5.74, 6) is 2.71. The lowest BCUT2D eigenvalue weighted by atomic mass is 9.46. The number of ketones is 2. The van der Waals surface area contributed by atoms with Crippen LogP contribution in [0.1, 0.15) is 65.2 Å². The molecule has 4 aliphatic rings. The zero-order valence-corrected chi connectivity index (χ0v) is 21.2. The van der Waals surface area contributed by atoms with Gasteiger partial charge in [-0.3, -0.25) is 9.59 Å². The molecule has 0 saturated heterocycles. The number of hydrogen-bond donors (Lipinski definition) is 0. The average Bonchev–Trinajstić information content (AvgIpc) is 3.40. The Bertz CT molecular complexity index is 1200. The van der Waals surface area contributed by atoms with Crippen molar-refractivity contribution in [2.24, 2.45) is 34.5 Å². The lowest BCUT2D eigenvalue weighted by Gasteiger charge is -2.58. The Kier molecular flexibility index (Phi) is 5.28. The van der Waals surface area contributed by atoms with Crippen LogP contribution >= 0.6 is 11.8 Å². The van der Waals surface area contributed by atoms with Crippen molar-refractivity contribution in [3.05, 3.63) is 24.3 Å². The van der Waals surface area contributed by atoms with E-state index in [-0.39, 0.29) is 16.7 Å². The Labute approximate surface area is 205 Å². The summed E-state index contributed by atoms with van der Waals surface area (Å²) in [6, 6.07) is 0. The van der Waals surface area contributed by atoms with Gasteiger partial charge in [-0.1, -0.05) is 19.4 Å². The van der Waals surface area contributed by atoms with Gasteiger partial charge in [-0.25, -0.2) is 15.0 Å². The normalized spacial score (nSPS) is 37.1. The second-order valence-corrected chi connectivity index (χ2v) is 12.3. The van der Waals surface area contributed by atoms with Gasteiger partial charge in [-0.15, -0.1) is 11.8 Å². The van der Waals surface area contributed by atoms with E-state index in [9.17, 15) is 9.59 Å². The van der Waals surface area contributed by atoms with E-state index in [0.717, 1.165) is 42.6 Å². The molecule has 0 radical (unpaired) electrons. The van der Waals surface area contributed by atoms with Gasteiger partial charge in [0.2, 0.25) is 0 Å². The molecule has 0 amide bonds. The summed E-state index contributed by atoms with van der Waals surface area (Å²) in [5.41, 5.74) is 3.21. The second kappa shape index (κ2) is 8.00. The highest BCUT2D eigenvalue weighted by Crippen LogP contribution is 2.66. The monoisotopic (exact) mass is 478 g/mol. The largest absolute Gasteiger partial charge is 0.319 e. The van der Waals surface area contributed by atoms with E-state index in [1.807, 2.05) is 16.9 Å². The van der Waals surface area contributed by atoms with Gasteiger partial charge in [0.15, 0.2) is 17.2 Å². The fourth-order valence-corrected chi connectivity index (χ4v) is 9.07. The quantitative estimate of drug-likeness (QED) is 0.440. The van der Waals surface area contributed by atoms with Gasteiger partial charge in [-0.05, 0) is 85.9 Å². The number of allylic oxidation sites excluding steroid dienone is 1. The fraction of sp³-hybridized carbons (Fsp3) is 0.667. The fourth-order valence-electron chi connectivity index (χ4n) is 8.52. The smallest absolute Gasteiger partial charge is 0.181 e. The molecule has 6 rings (SSSR count). The molecule has 4 aliphatic carbocycles. The molecule has 3 saturated carbocycles. The third kappa shape index (κ3) is 3.18. The van der Waals surface area contributed by atoms with Crippen LogP contribution in [0.4, 0.5) is 0 Å². The SMILES string of the molecule is CSc1ncnc2ncn(CC(=O)[C@H]3CC[C@H]4[C@@H]5CCC6=CC(=O)CC[C@]6(C)[C@H]5CC[C@]34C)c12. The van der Waals surface area contributed by atoms with Gasteiger partial charge in [0, 0.05) is 12.3 Å². The van der Waals surface area contributed by atoms with Gasteiger partial charge in [-0.2, -0.15) is 0 Å². The highest BCUT2D eigenvalue weighted by molar-refractivity contribution is 7.98.